The minimum atomic E-state index is -0.969. The summed E-state index contributed by atoms with van der Waals surface area (Å²) in [5, 5.41) is 7.24. The van der Waals surface area contributed by atoms with Crippen molar-refractivity contribution in [1.82, 2.24) is 0 Å². The molecule has 1 heterocycles. The zero-order valence-corrected chi connectivity index (χ0v) is 25.0. The van der Waals surface area contributed by atoms with Crippen molar-refractivity contribution in [2.45, 2.75) is 60.3 Å². The van der Waals surface area contributed by atoms with Crippen molar-refractivity contribution in [3.8, 4) is 5.75 Å². The number of hydrogen-bond donors (Lipinski definition) is 2. The Morgan fingerprint density at radius 3 is 2.15 bits per heavy atom. The quantitative estimate of drug-likeness (QED) is 0.248. The number of rotatable bonds is 5. The van der Waals surface area contributed by atoms with Crippen molar-refractivity contribution < 1.29 is 18.7 Å². The zero-order chi connectivity index (χ0) is 30.3. The minimum absolute atomic E-state index is 0.145. The molecule has 40 heavy (non-hydrogen) atoms. The van der Waals surface area contributed by atoms with Gasteiger partial charge in [-0.15, -0.1) is 0 Å². The highest BCUT2D eigenvalue weighted by Crippen LogP contribution is 2.50. The Balaban J connectivity index is 0.000000421. The highest BCUT2D eigenvalue weighted by atomic mass is 19.1. The number of fused-ring (bicyclic) bond motifs is 1. The van der Waals surface area contributed by atoms with Crippen molar-refractivity contribution >= 4 is 17.7 Å². The lowest BCUT2D eigenvalue weighted by Gasteiger charge is -2.30. The summed E-state index contributed by atoms with van der Waals surface area (Å²) in [7, 11) is 1.68. The number of nitrogens with two attached hydrogens (primary N) is 1. The van der Waals surface area contributed by atoms with Crippen LogP contribution in [0.2, 0.25) is 0 Å². The number of benzene rings is 3. The molecular weight excluding hydrogens is 505 g/mol. The van der Waals surface area contributed by atoms with E-state index in [2.05, 4.69) is 48.6 Å². The van der Waals surface area contributed by atoms with Crippen LogP contribution >= 0.6 is 0 Å². The van der Waals surface area contributed by atoms with Gasteiger partial charge in [0.25, 0.3) is 0 Å². The van der Waals surface area contributed by atoms with Crippen LogP contribution in [0.4, 0.5) is 14.9 Å². The third-order valence-corrected chi connectivity index (χ3v) is 6.28. The predicted octanol–water partition coefficient (Wildman–Crippen LogP) is 8.24. The van der Waals surface area contributed by atoms with E-state index in [-0.39, 0.29) is 17.1 Å². The fourth-order valence-electron chi connectivity index (χ4n) is 4.66. The number of carbonyl (C=O) groups is 1. The Morgan fingerprint density at radius 2 is 1.62 bits per heavy atom. The van der Waals surface area contributed by atoms with Gasteiger partial charge in [0.2, 0.25) is 5.90 Å². The fraction of sp³-hybridized carbons (Fsp3) is 0.333. The maximum Gasteiger partial charge on any atom is 0.411 e. The predicted molar refractivity (Wildman–Crippen MR) is 164 cm³/mol. The number of methoxy groups -OCH3 is 1. The summed E-state index contributed by atoms with van der Waals surface area (Å²) in [6, 6.07) is 21.8. The highest BCUT2D eigenvalue weighted by molar-refractivity contribution is 5.97. The first-order valence-corrected chi connectivity index (χ1v) is 13.7. The Bertz CT molecular complexity index is 1260. The van der Waals surface area contributed by atoms with Gasteiger partial charge in [-0.2, -0.15) is 0 Å². The van der Waals surface area contributed by atoms with Crippen LogP contribution in [0.25, 0.3) is 0 Å². The standard InChI is InChI=1S/C21H24FNO.C8H8N2O2.2C2H6/c1-5-20-21(3,14-15-9-7-8-10-18(15)22)17-13-16(24-4)11-12-19(17)23(20)6-2;9-7(12-8(10)11)6-4-2-1-3-5-6;2*1-2/h5,7-13H,6,14H2,1-4H3;1-5,9H,(H2,10,11);2*1-2H3/b20-5-;;;. The maximum absolute atomic E-state index is 14.3. The summed E-state index contributed by atoms with van der Waals surface area (Å²) in [4.78, 5) is 12.6. The molecule has 4 rings (SSSR count). The molecule has 1 aliphatic heterocycles. The number of primary amides is 1. The second-order valence-electron chi connectivity index (χ2n) is 8.52. The van der Waals surface area contributed by atoms with Crippen LogP contribution in [0.3, 0.4) is 0 Å². The monoisotopic (exact) mass is 549 g/mol. The molecule has 0 aromatic heterocycles. The van der Waals surface area contributed by atoms with E-state index in [0.717, 1.165) is 17.9 Å². The van der Waals surface area contributed by atoms with Gasteiger partial charge < -0.3 is 20.1 Å². The molecule has 7 heteroatoms. The number of carbonyl (C=O) groups excluding carboxylic acids is 1. The number of hydrogen-bond acceptors (Lipinski definition) is 5. The molecule has 0 radical (unpaired) electrons. The van der Waals surface area contributed by atoms with E-state index in [1.165, 1.54) is 23.0 Å². The molecule has 0 fully saturated rings. The molecule has 1 atom stereocenters. The van der Waals surface area contributed by atoms with E-state index in [1.807, 2.05) is 45.9 Å². The van der Waals surface area contributed by atoms with E-state index >= 15 is 0 Å². The molecule has 3 aromatic rings. The number of halogens is 1. The number of anilines is 1. The van der Waals surface area contributed by atoms with Crippen molar-refractivity contribution in [3.63, 3.8) is 0 Å². The first-order valence-electron chi connectivity index (χ1n) is 13.7. The first kappa shape index (κ1) is 33.9. The van der Waals surface area contributed by atoms with Crippen LogP contribution < -0.4 is 15.4 Å². The number of allylic oxidation sites excluding steroid dienone is 2. The van der Waals surface area contributed by atoms with Crippen LogP contribution in [0.5, 0.6) is 5.75 Å². The lowest BCUT2D eigenvalue weighted by atomic mass is 9.76. The largest absolute Gasteiger partial charge is 0.497 e. The van der Waals surface area contributed by atoms with Gasteiger partial charge in [0.15, 0.2) is 0 Å². The normalized spacial score (nSPS) is 15.7. The van der Waals surface area contributed by atoms with Gasteiger partial charge in [0.1, 0.15) is 11.6 Å². The fourth-order valence-corrected chi connectivity index (χ4v) is 4.66. The molecule has 1 aliphatic rings. The molecule has 216 valence electrons. The van der Waals surface area contributed by atoms with Crippen LogP contribution in [0.1, 0.15) is 65.2 Å². The number of nitrogens with zero attached hydrogens (tertiary/aromatic N) is 1. The summed E-state index contributed by atoms with van der Waals surface area (Å²) in [5.74, 6) is 0.457. The molecule has 1 amide bonds. The van der Waals surface area contributed by atoms with E-state index in [0.29, 0.717) is 12.0 Å². The van der Waals surface area contributed by atoms with Gasteiger partial charge >= 0.3 is 6.09 Å². The smallest absolute Gasteiger partial charge is 0.411 e. The summed E-state index contributed by atoms with van der Waals surface area (Å²) >= 11 is 0. The molecule has 6 nitrogen and oxygen atoms in total. The Hall–Kier alpha value is -4.13. The topological polar surface area (TPSA) is 88.6 Å². The third-order valence-electron chi connectivity index (χ3n) is 6.28. The van der Waals surface area contributed by atoms with Crippen molar-refractivity contribution in [2.75, 3.05) is 18.6 Å². The number of nitrogens with one attached hydrogen (secondary N) is 1. The number of ether oxygens (including phenoxy) is 2. The zero-order valence-electron chi connectivity index (χ0n) is 25.0. The average molecular weight is 550 g/mol. The van der Waals surface area contributed by atoms with Crippen molar-refractivity contribution in [2.24, 2.45) is 5.73 Å². The second-order valence-corrected chi connectivity index (χ2v) is 8.52. The van der Waals surface area contributed by atoms with E-state index < -0.39 is 6.09 Å². The van der Waals surface area contributed by atoms with Gasteiger partial charge in [-0.25, -0.2) is 9.18 Å². The first-order chi connectivity index (χ1) is 19.2. The van der Waals surface area contributed by atoms with E-state index in [1.54, 1.807) is 43.5 Å². The molecule has 0 aliphatic carbocycles. The molecule has 0 saturated carbocycles. The minimum Gasteiger partial charge on any atom is -0.497 e. The summed E-state index contributed by atoms with van der Waals surface area (Å²) in [6.45, 7) is 15.3. The van der Waals surface area contributed by atoms with Crippen molar-refractivity contribution in [3.05, 3.63) is 107 Å². The molecule has 1 unspecified atom stereocenters. The Labute approximate surface area is 239 Å². The van der Waals surface area contributed by atoms with Crippen LogP contribution in [0.15, 0.2) is 84.6 Å². The van der Waals surface area contributed by atoms with Crippen LogP contribution in [-0.2, 0) is 16.6 Å². The molecule has 0 saturated heterocycles. The van der Waals surface area contributed by atoms with Gasteiger partial charge in [0, 0.05) is 28.9 Å². The van der Waals surface area contributed by atoms with E-state index in [4.69, 9.17) is 15.9 Å². The summed E-state index contributed by atoms with van der Waals surface area (Å²) in [6.07, 6.45) is 1.80. The maximum atomic E-state index is 14.3. The second kappa shape index (κ2) is 16.7. The van der Waals surface area contributed by atoms with Crippen molar-refractivity contribution in [1.29, 1.82) is 5.41 Å². The third kappa shape index (κ3) is 8.18. The molecule has 3 N–H and O–H groups in total. The SMILES string of the molecule is C/C=C1\N(CC)c2ccc(OC)cc2C1(C)Cc1ccccc1F.CC.CC.N=C(OC(N)=O)c1ccccc1. The molecular formula is C33H44FN3O3. The molecule has 0 bridgehead atoms. The van der Waals surface area contributed by atoms with E-state index in [9.17, 15) is 9.18 Å². The Kier molecular flexibility index (Phi) is 14.2. The summed E-state index contributed by atoms with van der Waals surface area (Å²) in [5.41, 5.74) is 9.31. The molecule has 3 aromatic carbocycles. The molecule has 0 spiro atoms. The highest BCUT2D eigenvalue weighted by Gasteiger charge is 2.43. The lowest BCUT2D eigenvalue weighted by molar-refractivity contribution is 0.208. The van der Waals surface area contributed by atoms with Crippen LogP contribution in [0, 0.1) is 11.2 Å². The van der Waals surface area contributed by atoms with Gasteiger partial charge in [-0.1, -0.05) is 70.2 Å². The van der Waals surface area contributed by atoms with Gasteiger partial charge in [-0.05, 0) is 74.7 Å². The van der Waals surface area contributed by atoms with Gasteiger partial charge in [-0.3, -0.25) is 5.41 Å². The average Bonchev–Trinajstić information content (AvgIpc) is 3.23. The summed E-state index contributed by atoms with van der Waals surface area (Å²) < 4.78 is 24.1. The Morgan fingerprint density at radius 1 is 1.02 bits per heavy atom. The van der Waals surface area contributed by atoms with Gasteiger partial charge in [0.05, 0.1) is 7.11 Å². The number of amides is 1. The lowest BCUT2D eigenvalue weighted by Crippen LogP contribution is -2.30. The number of likely N-dealkylation sites (N-methyl/N-ethyl adjacent to an activating group) is 1. The van der Waals surface area contributed by atoms with Crippen LogP contribution in [-0.4, -0.2) is 25.6 Å².